The Labute approximate surface area is 82.8 Å². The van der Waals surface area contributed by atoms with Crippen LogP contribution in [0.3, 0.4) is 0 Å². The Morgan fingerprint density at radius 2 is 2.36 bits per heavy atom. The Balaban J connectivity index is 2.97. The summed E-state index contributed by atoms with van der Waals surface area (Å²) in [6.07, 6.45) is 1.55. The molecule has 0 aliphatic carbocycles. The Bertz CT molecular complexity index is 348. The van der Waals surface area contributed by atoms with Crippen LogP contribution in [0.15, 0.2) is 18.3 Å². The van der Waals surface area contributed by atoms with Gasteiger partial charge in [-0.05, 0) is 31.5 Å². The predicted octanol–water partition coefficient (Wildman–Crippen LogP) is 1.04. The highest BCUT2D eigenvalue weighted by molar-refractivity contribution is 5.68. The van der Waals surface area contributed by atoms with E-state index in [1.165, 1.54) is 0 Å². The molecule has 1 rings (SSSR count). The number of aromatic nitrogens is 1. The van der Waals surface area contributed by atoms with Crippen LogP contribution in [-0.4, -0.2) is 16.1 Å². The Morgan fingerprint density at radius 1 is 1.71 bits per heavy atom. The van der Waals surface area contributed by atoms with Gasteiger partial charge in [0.05, 0.1) is 6.42 Å². The standard InChI is InChI=1S/C10H14N2O2/c1-7-5-8(3-4-12-7)10(2,11)6-9(13)14/h3-5H,6,11H2,1-2H3,(H,13,14)/t10-/m0/s1. The van der Waals surface area contributed by atoms with Crippen molar-refractivity contribution in [2.45, 2.75) is 25.8 Å². The molecule has 1 heterocycles. The lowest BCUT2D eigenvalue weighted by Gasteiger charge is -2.23. The zero-order chi connectivity index (χ0) is 10.8. The van der Waals surface area contributed by atoms with Gasteiger partial charge in [-0.25, -0.2) is 0 Å². The number of carboxylic acids is 1. The third-order valence-electron chi connectivity index (χ3n) is 2.07. The molecule has 0 amide bonds. The summed E-state index contributed by atoms with van der Waals surface area (Å²) in [7, 11) is 0. The van der Waals surface area contributed by atoms with Gasteiger partial charge < -0.3 is 10.8 Å². The lowest BCUT2D eigenvalue weighted by Crippen LogP contribution is -2.35. The molecule has 4 heteroatoms. The summed E-state index contributed by atoms with van der Waals surface area (Å²) in [6.45, 7) is 3.55. The second kappa shape index (κ2) is 3.75. The zero-order valence-electron chi connectivity index (χ0n) is 8.32. The van der Waals surface area contributed by atoms with E-state index in [0.717, 1.165) is 11.3 Å². The molecule has 0 spiro atoms. The minimum atomic E-state index is -0.899. The van der Waals surface area contributed by atoms with Crippen LogP contribution in [0.25, 0.3) is 0 Å². The van der Waals surface area contributed by atoms with Crippen LogP contribution < -0.4 is 5.73 Å². The number of carbonyl (C=O) groups is 1. The Morgan fingerprint density at radius 3 is 2.86 bits per heavy atom. The highest BCUT2D eigenvalue weighted by atomic mass is 16.4. The van der Waals surface area contributed by atoms with Crippen molar-refractivity contribution in [1.82, 2.24) is 4.98 Å². The molecule has 0 aliphatic rings. The smallest absolute Gasteiger partial charge is 0.305 e. The van der Waals surface area contributed by atoms with E-state index in [4.69, 9.17) is 10.8 Å². The number of rotatable bonds is 3. The van der Waals surface area contributed by atoms with Gasteiger partial charge in [0.15, 0.2) is 0 Å². The van der Waals surface area contributed by atoms with E-state index in [1.807, 2.05) is 13.0 Å². The molecule has 1 atom stereocenters. The molecule has 1 aromatic rings. The van der Waals surface area contributed by atoms with Gasteiger partial charge in [-0.2, -0.15) is 0 Å². The average Bonchev–Trinajstić information content (AvgIpc) is 2.01. The van der Waals surface area contributed by atoms with Crippen LogP contribution in [0.1, 0.15) is 24.6 Å². The fourth-order valence-electron chi connectivity index (χ4n) is 1.32. The van der Waals surface area contributed by atoms with Gasteiger partial charge in [-0.15, -0.1) is 0 Å². The second-order valence-corrected chi connectivity index (χ2v) is 3.67. The molecule has 0 bridgehead atoms. The number of nitrogens with two attached hydrogens (primary N) is 1. The van der Waals surface area contributed by atoms with Gasteiger partial charge in [-0.1, -0.05) is 0 Å². The van der Waals surface area contributed by atoms with E-state index in [0.29, 0.717) is 0 Å². The lowest BCUT2D eigenvalue weighted by atomic mass is 9.90. The molecule has 0 aliphatic heterocycles. The van der Waals surface area contributed by atoms with Gasteiger partial charge in [0.2, 0.25) is 0 Å². The third-order valence-corrected chi connectivity index (χ3v) is 2.07. The number of hydrogen-bond acceptors (Lipinski definition) is 3. The van der Waals surface area contributed by atoms with Crippen LogP contribution in [0, 0.1) is 6.92 Å². The Kier molecular flexibility index (Phi) is 2.86. The van der Waals surface area contributed by atoms with E-state index < -0.39 is 11.5 Å². The van der Waals surface area contributed by atoms with E-state index in [9.17, 15) is 4.79 Å². The van der Waals surface area contributed by atoms with Gasteiger partial charge >= 0.3 is 5.97 Å². The number of carboxylic acid groups (broad SMARTS) is 1. The first-order valence-electron chi connectivity index (χ1n) is 4.35. The lowest BCUT2D eigenvalue weighted by molar-refractivity contribution is -0.138. The molecule has 3 N–H and O–H groups in total. The normalized spacial score (nSPS) is 14.8. The molecule has 76 valence electrons. The van der Waals surface area contributed by atoms with Crippen molar-refractivity contribution in [3.8, 4) is 0 Å². The van der Waals surface area contributed by atoms with Gasteiger partial charge in [0.1, 0.15) is 0 Å². The van der Waals surface area contributed by atoms with Crippen LogP contribution in [0.5, 0.6) is 0 Å². The monoisotopic (exact) mass is 194 g/mol. The molecule has 0 saturated carbocycles. The van der Waals surface area contributed by atoms with Crippen LogP contribution in [0.4, 0.5) is 0 Å². The van der Waals surface area contributed by atoms with Gasteiger partial charge in [-0.3, -0.25) is 9.78 Å². The first-order chi connectivity index (χ1) is 6.42. The minimum absolute atomic E-state index is 0.0869. The van der Waals surface area contributed by atoms with Crippen LogP contribution in [-0.2, 0) is 10.3 Å². The molecule has 0 aromatic carbocycles. The summed E-state index contributed by atoms with van der Waals surface area (Å²) in [5.41, 5.74) is 6.70. The fraction of sp³-hybridized carbons (Fsp3) is 0.400. The molecule has 0 radical (unpaired) electrons. The summed E-state index contributed by atoms with van der Waals surface area (Å²) in [6, 6.07) is 3.55. The fourth-order valence-corrected chi connectivity index (χ4v) is 1.32. The molecule has 0 unspecified atom stereocenters. The van der Waals surface area contributed by atoms with Crippen molar-refractivity contribution in [2.75, 3.05) is 0 Å². The quantitative estimate of drug-likeness (QED) is 0.753. The number of aryl methyl sites for hydroxylation is 1. The van der Waals surface area contributed by atoms with Gasteiger partial charge in [0, 0.05) is 17.4 Å². The first-order valence-corrected chi connectivity index (χ1v) is 4.35. The van der Waals surface area contributed by atoms with E-state index in [-0.39, 0.29) is 6.42 Å². The molecule has 0 saturated heterocycles. The zero-order valence-corrected chi connectivity index (χ0v) is 8.32. The third kappa shape index (κ3) is 2.53. The maximum atomic E-state index is 10.6. The topological polar surface area (TPSA) is 76.2 Å². The molecule has 0 fully saturated rings. The minimum Gasteiger partial charge on any atom is -0.481 e. The van der Waals surface area contributed by atoms with Crippen molar-refractivity contribution in [2.24, 2.45) is 5.73 Å². The van der Waals surface area contributed by atoms with Gasteiger partial charge in [0.25, 0.3) is 0 Å². The van der Waals surface area contributed by atoms with Crippen molar-refractivity contribution in [3.63, 3.8) is 0 Å². The largest absolute Gasteiger partial charge is 0.481 e. The molecule has 1 aromatic heterocycles. The number of nitrogens with zero attached hydrogens (tertiary/aromatic N) is 1. The molecular weight excluding hydrogens is 180 g/mol. The summed E-state index contributed by atoms with van der Waals surface area (Å²) >= 11 is 0. The van der Waals surface area contributed by atoms with Crippen LogP contribution in [0.2, 0.25) is 0 Å². The summed E-state index contributed by atoms with van der Waals surface area (Å²) in [5.74, 6) is -0.899. The Hall–Kier alpha value is -1.42. The maximum absolute atomic E-state index is 10.6. The van der Waals surface area contributed by atoms with Crippen molar-refractivity contribution >= 4 is 5.97 Å². The number of aliphatic carboxylic acids is 1. The molecule has 14 heavy (non-hydrogen) atoms. The van der Waals surface area contributed by atoms with Crippen molar-refractivity contribution in [3.05, 3.63) is 29.6 Å². The van der Waals surface area contributed by atoms with E-state index in [2.05, 4.69) is 4.98 Å². The number of hydrogen-bond donors (Lipinski definition) is 2. The maximum Gasteiger partial charge on any atom is 0.305 e. The average molecular weight is 194 g/mol. The summed E-state index contributed by atoms with van der Waals surface area (Å²) in [4.78, 5) is 14.6. The number of pyridine rings is 1. The van der Waals surface area contributed by atoms with Crippen molar-refractivity contribution < 1.29 is 9.90 Å². The summed E-state index contributed by atoms with van der Waals surface area (Å²) in [5, 5.41) is 8.68. The second-order valence-electron chi connectivity index (χ2n) is 3.67. The first kappa shape index (κ1) is 10.7. The van der Waals surface area contributed by atoms with Crippen LogP contribution >= 0.6 is 0 Å². The van der Waals surface area contributed by atoms with E-state index >= 15 is 0 Å². The molecule has 4 nitrogen and oxygen atoms in total. The summed E-state index contributed by atoms with van der Waals surface area (Å²) < 4.78 is 0. The SMILES string of the molecule is Cc1cc([C@@](C)(N)CC(=O)O)ccn1. The highest BCUT2D eigenvalue weighted by Crippen LogP contribution is 2.21. The predicted molar refractivity (Wildman–Crippen MR) is 52.8 cm³/mol. The molecular formula is C10H14N2O2. The highest BCUT2D eigenvalue weighted by Gasteiger charge is 2.24. The van der Waals surface area contributed by atoms with Crippen molar-refractivity contribution in [1.29, 1.82) is 0 Å². The van der Waals surface area contributed by atoms with E-state index in [1.54, 1.807) is 19.2 Å².